The Kier molecular flexibility index (Phi) is 7.35. The molecule has 0 bridgehead atoms. The molecule has 1 aliphatic carbocycles. The third-order valence-corrected chi connectivity index (χ3v) is 14.6. The molecule has 8 aromatic carbocycles. The van der Waals surface area contributed by atoms with Crippen LogP contribution in [-0.2, 0) is 0 Å². The molecule has 0 fully saturated rings. The molecule has 1 aliphatic rings. The van der Waals surface area contributed by atoms with Crippen LogP contribution in [0.1, 0.15) is 29.2 Å². The van der Waals surface area contributed by atoms with E-state index >= 15 is 0 Å². The van der Waals surface area contributed by atoms with Crippen LogP contribution in [0.2, 0.25) is 0 Å². The number of aryl methyl sites for hydroxylation is 3. The van der Waals surface area contributed by atoms with E-state index in [1.165, 1.54) is 124 Å². The molecule has 0 spiro atoms. The van der Waals surface area contributed by atoms with Crippen molar-refractivity contribution in [3.05, 3.63) is 190 Å². The van der Waals surface area contributed by atoms with Gasteiger partial charge in [-0.15, -0.1) is 11.3 Å². The highest BCUT2D eigenvalue weighted by molar-refractivity contribution is 7.17. The smallest absolute Gasteiger partial charge is 0.0567 e. The van der Waals surface area contributed by atoms with Gasteiger partial charge < -0.3 is 13.7 Å². The minimum atomic E-state index is 0.243. The van der Waals surface area contributed by atoms with E-state index in [1.807, 2.05) is 11.3 Å². The summed E-state index contributed by atoms with van der Waals surface area (Å²) in [5.41, 5.74) is 16.2. The zero-order valence-electron chi connectivity index (χ0n) is 34.3. The fourth-order valence-corrected chi connectivity index (χ4v) is 12.1. The van der Waals surface area contributed by atoms with Crippen molar-refractivity contribution in [2.75, 3.05) is 0 Å². The molecule has 0 saturated heterocycles. The van der Waals surface area contributed by atoms with Gasteiger partial charge in [0.2, 0.25) is 0 Å². The van der Waals surface area contributed by atoms with Crippen molar-refractivity contribution >= 4 is 99.0 Å². The highest BCUT2D eigenvalue weighted by Gasteiger charge is 2.21. The number of benzene rings is 8. The topological polar surface area (TPSA) is 14.8 Å². The van der Waals surface area contributed by atoms with Crippen molar-refractivity contribution in [2.24, 2.45) is 0 Å². The van der Waals surface area contributed by atoms with Gasteiger partial charge in [0.25, 0.3) is 0 Å². The second-order valence-electron chi connectivity index (χ2n) is 17.1. The van der Waals surface area contributed by atoms with Gasteiger partial charge in [0, 0.05) is 63.7 Å². The summed E-state index contributed by atoms with van der Waals surface area (Å²) < 4.78 is 10.3. The Balaban J connectivity index is 0.960. The Morgan fingerprint density at radius 2 is 0.967 bits per heavy atom. The Bertz CT molecular complexity index is 3940. The summed E-state index contributed by atoms with van der Waals surface area (Å²) in [5, 5.41) is 10.4. The Hall–Kier alpha value is -7.14. The molecular formula is C57H41N3S. The van der Waals surface area contributed by atoms with Crippen LogP contribution in [-0.4, -0.2) is 13.7 Å². The van der Waals surface area contributed by atoms with Gasteiger partial charge in [0.1, 0.15) is 0 Å². The van der Waals surface area contributed by atoms with Crippen LogP contribution in [0.5, 0.6) is 0 Å². The maximum Gasteiger partial charge on any atom is 0.0567 e. The lowest BCUT2D eigenvalue weighted by atomic mass is 10.0. The van der Waals surface area contributed by atoms with Crippen LogP contribution in [0, 0.1) is 20.8 Å². The van der Waals surface area contributed by atoms with Crippen LogP contribution in [0.25, 0.3) is 110 Å². The van der Waals surface area contributed by atoms with Crippen molar-refractivity contribution in [3.63, 3.8) is 0 Å². The third-order valence-electron chi connectivity index (χ3n) is 13.4. The van der Waals surface area contributed by atoms with E-state index in [2.05, 4.69) is 210 Å². The van der Waals surface area contributed by atoms with Crippen molar-refractivity contribution < 1.29 is 0 Å². The lowest BCUT2D eigenvalue weighted by molar-refractivity contribution is 0.696. The van der Waals surface area contributed by atoms with Crippen LogP contribution in [0.3, 0.4) is 0 Å². The Labute approximate surface area is 356 Å². The van der Waals surface area contributed by atoms with Gasteiger partial charge in [-0.05, 0) is 121 Å². The number of hydrogen-bond donors (Lipinski definition) is 0. The molecule has 3 nitrogen and oxygen atoms in total. The molecule has 13 rings (SSSR count). The van der Waals surface area contributed by atoms with Gasteiger partial charge >= 0.3 is 0 Å². The number of nitrogens with zero attached hydrogens (tertiary/aromatic N) is 3. The molecule has 4 aromatic heterocycles. The Morgan fingerprint density at radius 1 is 0.459 bits per heavy atom. The number of aromatic nitrogens is 3. The standard InChI is InChI=1S/C57H41N3S/c1-34-28-35(2)57(36(3)29-34)60-51-18-10-6-14-43(51)47-32-39(22-26-54(47)60)58-49-16-8-4-12-41(49)45-30-37(20-24-52(45)58)38-21-25-53-46(31-38)42-13-5-9-17-50(42)59(53)40-23-27-56-48(33-40)44-15-7-11-19-55(44)61-56/h4-22,24-33,40H,23H2,1-3H3. The first-order chi connectivity index (χ1) is 30.0. The SMILES string of the molecule is Cc1cc(C)c(-n2c3ccccc3c3cc(-n4c5ccccc5c5cc(-c6ccc7c(c6)c6ccccc6n7C6C=c7c(sc8ccccc78)=CC6)ccc54)ccc32)c(C)c1. The monoisotopic (exact) mass is 799 g/mol. The minimum absolute atomic E-state index is 0.243. The number of rotatable bonds is 4. The van der Waals surface area contributed by atoms with E-state index in [4.69, 9.17) is 0 Å². The molecule has 12 aromatic rings. The van der Waals surface area contributed by atoms with E-state index in [0.717, 1.165) is 6.42 Å². The Morgan fingerprint density at radius 3 is 1.69 bits per heavy atom. The molecule has 0 amide bonds. The van der Waals surface area contributed by atoms with Crippen LogP contribution >= 0.6 is 11.3 Å². The van der Waals surface area contributed by atoms with Crippen LogP contribution < -0.4 is 9.75 Å². The van der Waals surface area contributed by atoms with Gasteiger partial charge in [-0.3, -0.25) is 0 Å². The summed E-state index contributed by atoms with van der Waals surface area (Å²) in [6.45, 7) is 6.66. The van der Waals surface area contributed by atoms with Gasteiger partial charge in [0.15, 0.2) is 0 Å². The van der Waals surface area contributed by atoms with E-state index in [-0.39, 0.29) is 6.04 Å². The molecule has 0 saturated carbocycles. The molecule has 290 valence electrons. The number of fused-ring (bicyclic) bond motifs is 12. The zero-order valence-corrected chi connectivity index (χ0v) is 35.1. The first-order valence-corrected chi connectivity index (χ1v) is 22.2. The molecule has 4 heteroatoms. The van der Waals surface area contributed by atoms with E-state index in [1.54, 1.807) is 0 Å². The predicted octanol–water partition coefficient (Wildman–Crippen LogP) is 14.0. The summed E-state index contributed by atoms with van der Waals surface area (Å²) in [6.07, 6.45) is 5.95. The van der Waals surface area contributed by atoms with Crippen molar-refractivity contribution in [1.29, 1.82) is 0 Å². The van der Waals surface area contributed by atoms with Crippen LogP contribution in [0.15, 0.2) is 164 Å². The average molecular weight is 800 g/mol. The summed E-state index contributed by atoms with van der Waals surface area (Å²) >= 11 is 1.91. The zero-order chi connectivity index (χ0) is 40.5. The highest BCUT2D eigenvalue weighted by atomic mass is 32.1. The molecular weight excluding hydrogens is 759 g/mol. The normalized spacial score (nSPS) is 14.2. The largest absolute Gasteiger partial charge is 0.333 e. The lowest BCUT2D eigenvalue weighted by Crippen LogP contribution is -2.25. The minimum Gasteiger partial charge on any atom is -0.333 e. The maximum atomic E-state index is 2.58. The molecule has 0 N–H and O–H groups in total. The van der Waals surface area contributed by atoms with Crippen molar-refractivity contribution in [2.45, 2.75) is 33.2 Å². The molecule has 1 atom stereocenters. The van der Waals surface area contributed by atoms with Gasteiger partial charge in [-0.1, -0.05) is 115 Å². The predicted molar refractivity (Wildman–Crippen MR) is 261 cm³/mol. The van der Waals surface area contributed by atoms with E-state index in [0.29, 0.717) is 0 Å². The second kappa shape index (κ2) is 12.9. The molecule has 1 unspecified atom stereocenters. The highest BCUT2D eigenvalue weighted by Crippen LogP contribution is 2.41. The summed E-state index contributed by atoms with van der Waals surface area (Å²) in [6, 6.07) is 61.6. The molecule has 61 heavy (non-hydrogen) atoms. The van der Waals surface area contributed by atoms with E-state index < -0.39 is 0 Å². The molecule has 0 radical (unpaired) electrons. The lowest BCUT2D eigenvalue weighted by Gasteiger charge is -2.18. The summed E-state index contributed by atoms with van der Waals surface area (Å²) in [4.78, 5) is 0. The summed E-state index contributed by atoms with van der Waals surface area (Å²) in [7, 11) is 0. The summed E-state index contributed by atoms with van der Waals surface area (Å²) in [5.74, 6) is 0. The van der Waals surface area contributed by atoms with Crippen molar-refractivity contribution in [1.82, 2.24) is 13.7 Å². The maximum absolute atomic E-state index is 2.58. The first-order valence-electron chi connectivity index (χ1n) is 21.4. The van der Waals surface area contributed by atoms with Gasteiger partial charge in [-0.25, -0.2) is 0 Å². The molecule has 4 heterocycles. The number of thiophene rings is 1. The number of hydrogen-bond acceptors (Lipinski definition) is 1. The number of para-hydroxylation sites is 3. The van der Waals surface area contributed by atoms with Gasteiger partial charge in [0.05, 0.1) is 33.8 Å². The third kappa shape index (κ3) is 5.03. The second-order valence-corrected chi connectivity index (χ2v) is 18.1. The van der Waals surface area contributed by atoms with Crippen molar-refractivity contribution in [3.8, 4) is 22.5 Å². The van der Waals surface area contributed by atoms with Gasteiger partial charge in [-0.2, -0.15) is 0 Å². The van der Waals surface area contributed by atoms with Crippen LogP contribution in [0.4, 0.5) is 0 Å². The quantitative estimate of drug-likeness (QED) is 0.168. The first kappa shape index (κ1) is 34.7. The molecule has 0 aliphatic heterocycles. The fourth-order valence-electron chi connectivity index (χ4n) is 10.9. The van der Waals surface area contributed by atoms with E-state index in [9.17, 15) is 0 Å². The fraction of sp³-hybridized carbons (Fsp3) is 0.0877. The average Bonchev–Trinajstić information content (AvgIpc) is 4.02.